The van der Waals surface area contributed by atoms with E-state index in [4.69, 9.17) is 20.2 Å². The Morgan fingerprint density at radius 1 is 0.688 bits per heavy atom. The SMILES string of the molecule is CC(C)(C)N=NC(C)(C)C.O=NO.O=NO. The van der Waals surface area contributed by atoms with Crippen LogP contribution in [0.5, 0.6) is 0 Å². The fourth-order valence-corrected chi connectivity index (χ4v) is 0.300. The third-order valence-electron chi connectivity index (χ3n) is 0.650. The van der Waals surface area contributed by atoms with Gasteiger partial charge in [0, 0.05) is 0 Å². The Balaban J connectivity index is -0.000000235. The number of hydrogen-bond donors (Lipinski definition) is 2. The van der Waals surface area contributed by atoms with Crippen molar-refractivity contribution in [1.82, 2.24) is 0 Å². The van der Waals surface area contributed by atoms with Gasteiger partial charge in [0.1, 0.15) is 0 Å². The van der Waals surface area contributed by atoms with E-state index in [1.807, 2.05) is 41.5 Å². The van der Waals surface area contributed by atoms with Crippen molar-refractivity contribution in [1.29, 1.82) is 0 Å². The zero-order chi connectivity index (χ0) is 13.8. The highest BCUT2D eigenvalue weighted by molar-refractivity contribution is 4.72. The maximum atomic E-state index is 8.11. The summed E-state index contributed by atoms with van der Waals surface area (Å²) in [5.74, 6) is 0. The van der Waals surface area contributed by atoms with Crippen LogP contribution in [0.2, 0.25) is 0 Å². The molecule has 0 spiro atoms. The molecule has 8 heteroatoms. The summed E-state index contributed by atoms with van der Waals surface area (Å²) in [6, 6.07) is 0. The largest absolute Gasteiger partial charge is 0.379 e. The molecule has 0 atom stereocenters. The monoisotopic (exact) mass is 236 g/mol. The van der Waals surface area contributed by atoms with Gasteiger partial charge in [0.05, 0.1) is 11.1 Å². The fraction of sp³-hybridized carbons (Fsp3) is 1.00. The van der Waals surface area contributed by atoms with Gasteiger partial charge >= 0.3 is 0 Å². The minimum Gasteiger partial charge on any atom is -0.379 e. The zero-order valence-electron chi connectivity index (χ0n) is 10.5. The Morgan fingerprint density at radius 3 is 0.875 bits per heavy atom. The smallest absolute Gasteiger partial charge is 0.152 e. The number of rotatable bonds is 0. The van der Waals surface area contributed by atoms with Gasteiger partial charge < -0.3 is 10.4 Å². The lowest BCUT2D eigenvalue weighted by atomic mass is 10.1. The first-order valence-electron chi connectivity index (χ1n) is 4.41. The van der Waals surface area contributed by atoms with Crippen LogP contribution in [-0.4, -0.2) is 21.5 Å². The first-order valence-corrected chi connectivity index (χ1v) is 4.41. The van der Waals surface area contributed by atoms with E-state index in [-0.39, 0.29) is 11.1 Å². The number of nitrogens with zero attached hydrogens (tertiary/aromatic N) is 4. The first kappa shape index (κ1) is 19.9. The van der Waals surface area contributed by atoms with E-state index in [0.717, 1.165) is 0 Å². The Kier molecular flexibility index (Phi) is 12.4. The van der Waals surface area contributed by atoms with E-state index >= 15 is 0 Å². The van der Waals surface area contributed by atoms with Crippen molar-refractivity contribution in [3.8, 4) is 0 Å². The Hall–Kier alpha value is -1.60. The second-order valence-electron chi connectivity index (χ2n) is 4.70. The molecule has 8 nitrogen and oxygen atoms in total. The lowest BCUT2D eigenvalue weighted by molar-refractivity contribution is 0.312. The van der Waals surface area contributed by atoms with Gasteiger partial charge in [-0.3, -0.25) is 0 Å². The predicted octanol–water partition coefficient (Wildman–Crippen LogP) is 3.32. The van der Waals surface area contributed by atoms with Crippen molar-refractivity contribution < 1.29 is 10.4 Å². The summed E-state index contributed by atoms with van der Waals surface area (Å²) in [6.45, 7) is 12.3. The average Bonchev–Trinajstić information content (AvgIpc) is 2.01. The van der Waals surface area contributed by atoms with Crippen LogP contribution in [0.25, 0.3) is 0 Å². The lowest BCUT2D eigenvalue weighted by Crippen LogP contribution is -2.14. The summed E-state index contributed by atoms with van der Waals surface area (Å²) in [7, 11) is 0. The fourth-order valence-electron chi connectivity index (χ4n) is 0.300. The molecular weight excluding hydrogens is 216 g/mol. The van der Waals surface area contributed by atoms with Crippen LogP contribution in [0.4, 0.5) is 0 Å². The highest BCUT2D eigenvalue weighted by Crippen LogP contribution is 2.13. The van der Waals surface area contributed by atoms with Crippen LogP contribution in [0.3, 0.4) is 0 Å². The molecule has 0 aromatic rings. The quantitative estimate of drug-likeness (QED) is 0.380. The summed E-state index contributed by atoms with van der Waals surface area (Å²) >= 11 is 0. The lowest BCUT2D eigenvalue weighted by Gasteiger charge is -2.15. The van der Waals surface area contributed by atoms with E-state index < -0.39 is 0 Å². The number of hydrogen-bond acceptors (Lipinski definition) is 6. The third kappa shape index (κ3) is 55.3. The summed E-state index contributed by atoms with van der Waals surface area (Å²) in [4.78, 5) is 16.2. The standard InChI is InChI=1S/C8H18N2.2HNO2/c1-7(2,3)9-10-8(4,5)6;2*2-1-3/h1-6H3;2*(H,2,3). The van der Waals surface area contributed by atoms with Gasteiger partial charge in [-0.1, -0.05) is 0 Å². The van der Waals surface area contributed by atoms with E-state index in [1.165, 1.54) is 10.7 Å². The van der Waals surface area contributed by atoms with Crippen LogP contribution < -0.4 is 0 Å². The van der Waals surface area contributed by atoms with Crippen LogP contribution in [0.1, 0.15) is 41.5 Å². The van der Waals surface area contributed by atoms with Gasteiger partial charge in [0.25, 0.3) is 0 Å². The summed E-state index contributed by atoms with van der Waals surface area (Å²) in [5, 5.41) is 24.1. The maximum absolute atomic E-state index is 8.11. The van der Waals surface area contributed by atoms with Gasteiger partial charge in [0.15, 0.2) is 10.7 Å². The molecule has 96 valence electrons. The molecule has 0 aliphatic carbocycles. The summed E-state index contributed by atoms with van der Waals surface area (Å²) in [6.07, 6.45) is 0. The Bertz CT molecular complexity index is 183. The zero-order valence-corrected chi connectivity index (χ0v) is 10.5. The van der Waals surface area contributed by atoms with Crippen LogP contribution >= 0.6 is 0 Å². The topological polar surface area (TPSA) is 124 Å². The average molecular weight is 236 g/mol. The molecule has 0 saturated carbocycles. The van der Waals surface area contributed by atoms with Crippen molar-refractivity contribution in [3.63, 3.8) is 0 Å². The highest BCUT2D eigenvalue weighted by atomic mass is 16.6. The second-order valence-corrected chi connectivity index (χ2v) is 4.70. The molecule has 0 amide bonds. The van der Waals surface area contributed by atoms with Crippen LogP contribution in [0, 0.1) is 9.81 Å². The van der Waals surface area contributed by atoms with E-state index in [1.54, 1.807) is 0 Å². The van der Waals surface area contributed by atoms with E-state index in [9.17, 15) is 0 Å². The van der Waals surface area contributed by atoms with Crippen molar-refractivity contribution in [2.24, 2.45) is 20.9 Å². The molecule has 0 aromatic carbocycles. The van der Waals surface area contributed by atoms with E-state index in [2.05, 4.69) is 10.2 Å². The van der Waals surface area contributed by atoms with Gasteiger partial charge in [-0.25, -0.2) is 0 Å². The van der Waals surface area contributed by atoms with Crippen molar-refractivity contribution >= 4 is 0 Å². The van der Waals surface area contributed by atoms with Gasteiger partial charge in [-0.05, 0) is 41.5 Å². The molecule has 0 heterocycles. The molecule has 0 rings (SSSR count). The molecule has 16 heavy (non-hydrogen) atoms. The van der Waals surface area contributed by atoms with Crippen molar-refractivity contribution in [2.75, 3.05) is 0 Å². The van der Waals surface area contributed by atoms with Gasteiger partial charge in [-0.2, -0.15) is 10.2 Å². The first-order chi connectivity index (χ1) is 7.04. The second kappa shape index (κ2) is 9.94. The molecule has 2 N–H and O–H groups in total. The van der Waals surface area contributed by atoms with Crippen molar-refractivity contribution in [3.05, 3.63) is 9.81 Å². The van der Waals surface area contributed by atoms with Gasteiger partial charge in [0.2, 0.25) is 0 Å². The Labute approximate surface area is 94.6 Å². The highest BCUT2D eigenvalue weighted by Gasteiger charge is 2.11. The normalized spacial score (nSPS) is 10.6. The predicted molar refractivity (Wildman–Crippen MR) is 59.5 cm³/mol. The van der Waals surface area contributed by atoms with Crippen molar-refractivity contribution in [2.45, 2.75) is 52.6 Å². The van der Waals surface area contributed by atoms with Gasteiger partial charge in [-0.15, -0.1) is 9.81 Å². The maximum Gasteiger partial charge on any atom is 0.152 e. The van der Waals surface area contributed by atoms with Crippen LogP contribution in [-0.2, 0) is 0 Å². The molecule has 0 aromatic heterocycles. The Morgan fingerprint density at radius 2 is 0.812 bits per heavy atom. The van der Waals surface area contributed by atoms with Crippen LogP contribution in [0.15, 0.2) is 20.9 Å². The summed E-state index contributed by atoms with van der Waals surface area (Å²) in [5.41, 5.74) is -0.0689. The molecule has 0 aliphatic heterocycles. The molecule has 0 saturated heterocycles. The molecule has 0 bridgehead atoms. The minimum atomic E-state index is -0.0344. The number of azo groups is 1. The molecular formula is C8H20N4O4. The molecule has 0 radical (unpaired) electrons. The minimum absolute atomic E-state index is 0.0344. The molecule has 0 fully saturated rings. The third-order valence-corrected chi connectivity index (χ3v) is 0.650. The molecule has 0 aliphatic rings. The molecule has 0 unspecified atom stereocenters. The van der Waals surface area contributed by atoms with E-state index in [0.29, 0.717) is 0 Å². The summed E-state index contributed by atoms with van der Waals surface area (Å²) < 4.78 is 0.